The van der Waals surface area contributed by atoms with Gasteiger partial charge in [0.05, 0.1) is 5.92 Å². The summed E-state index contributed by atoms with van der Waals surface area (Å²) in [6, 6.07) is 0. The third-order valence-electron chi connectivity index (χ3n) is 2.04. The van der Waals surface area contributed by atoms with Crippen LogP contribution in [-0.2, 0) is 9.53 Å². The van der Waals surface area contributed by atoms with Crippen molar-refractivity contribution in [1.82, 2.24) is 5.32 Å². The van der Waals surface area contributed by atoms with E-state index >= 15 is 0 Å². The maximum Gasteiger partial charge on any atom is 0.310 e. The Morgan fingerprint density at radius 2 is 2.15 bits per heavy atom. The highest BCUT2D eigenvalue weighted by Gasteiger charge is 2.26. The molecule has 1 heterocycles. The van der Waals surface area contributed by atoms with Crippen LogP contribution < -0.4 is 5.32 Å². The molecule has 0 radical (unpaired) electrons. The SMILES string of the molecule is CC(C)(C)OC(=O)[C@@H]1CCCNC1. The first-order valence-corrected chi connectivity index (χ1v) is 4.92. The van der Waals surface area contributed by atoms with Crippen molar-refractivity contribution in [1.29, 1.82) is 0 Å². The van der Waals surface area contributed by atoms with Crippen LogP contribution in [0.15, 0.2) is 0 Å². The molecular weight excluding hydrogens is 166 g/mol. The number of carbonyl (C=O) groups is 1. The third kappa shape index (κ3) is 3.77. The van der Waals surface area contributed by atoms with Crippen LogP contribution in [0.4, 0.5) is 0 Å². The van der Waals surface area contributed by atoms with Gasteiger partial charge in [0, 0.05) is 6.54 Å². The highest BCUT2D eigenvalue weighted by atomic mass is 16.6. The lowest BCUT2D eigenvalue weighted by Gasteiger charge is -2.26. The zero-order chi connectivity index (χ0) is 9.90. The summed E-state index contributed by atoms with van der Waals surface area (Å²) in [4.78, 5) is 11.6. The molecule has 0 bridgehead atoms. The zero-order valence-corrected chi connectivity index (χ0v) is 8.72. The van der Waals surface area contributed by atoms with E-state index in [0.717, 1.165) is 25.9 Å². The normalized spacial score (nSPS) is 24.1. The first-order valence-electron chi connectivity index (χ1n) is 4.92. The Morgan fingerprint density at radius 3 is 2.62 bits per heavy atom. The van der Waals surface area contributed by atoms with E-state index in [2.05, 4.69) is 5.32 Å². The van der Waals surface area contributed by atoms with Crippen molar-refractivity contribution in [3.8, 4) is 0 Å². The maximum atomic E-state index is 11.6. The second-order valence-corrected chi connectivity index (χ2v) is 4.58. The van der Waals surface area contributed by atoms with Crippen molar-refractivity contribution < 1.29 is 9.53 Å². The van der Waals surface area contributed by atoms with Crippen LogP contribution in [0.1, 0.15) is 33.6 Å². The summed E-state index contributed by atoms with van der Waals surface area (Å²) in [5.74, 6) is 0.00711. The molecule has 3 nitrogen and oxygen atoms in total. The van der Waals surface area contributed by atoms with Crippen molar-refractivity contribution >= 4 is 5.97 Å². The molecule has 1 fully saturated rings. The van der Waals surface area contributed by atoms with Gasteiger partial charge in [-0.1, -0.05) is 0 Å². The monoisotopic (exact) mass is 185 g/mol. The first-order chi connectivity index (χ1) is 5.99. The predicted molar refractivity (Wildman–Crippen MR) is 51.4 cm³/mol. The molecule has 1 aliphatic heterocycles. The van der Waals surface area contributed by atoms with Gasteiger partial charge in [0.25, 0.3) is 0 Å². The Bertz CT molecular complexity index is 178. The minimum atomic E-state index is -0.353. The van der Waals surface area contributed by atoms with Gasteiger partial charge in [-0.05, 0) is 40.2 Å². The minimum Gasteiger partial charge on any atom is -0.460 e. The number of rotatable bonds is 1. The topological polar surface area (TPSA) is 38.3 Å². The summed E-state index contributed by atoms with van der Waals surface area (Å²) < 4.78 is 5.30. The summed E-state index contributed by atoms with van der Waals surface area (Å²) in [6.45, 7) is 7.51. The van der Waals surface area contributed by atoms with Gasteiger partial charge >= 0.3 is 5.97 Å². The Morgan fingerprint density at radius 1 is 1.46 bits per heavy atom. The van der Waals surface area contributed by atoms with Crippen LogP contribution in [0.25, 0.3) is 0 Å². The van der Waals surface area contributed by atoms with E-state index in [4.69, 9.17) is 4.74 Å². The van der Waals surface area contributed by atoms with Gasteiger partial charge in [-0.3, -0.25) is 4.79 Å². The summed E-state index contributed by atoms with van der Waals surface area (Å²) in [6.07, 6.45) is 2.03. The Labute approximate surface area is 79.8 Å². The Hall–Kier alpha value is -0.570. The molecule has 1 rings (SSSR count). The van der Waals surface area contributed by atoms with Crippen LogP contribution in [0.3, 0.4) is 0 Å². The molecule has 0 aromatic rings. The van der Waals surface area contributed by atoms with E-state index in [0.29, 0.717) is 0 Å². The molecule has 76 valence electrons. The molecule has 1 aliphatic rings. The molecule has 0 spiro atoms. The largest absolute Gasteiger partial charge is 0.460 e. The quantitative estimate of drug-likeness (QED) is 0.626. The highest BCUT2D eigenvalue weighted by molar-refractivity contribution is 5.73. The molecule has 0 saturated carbocycles. The standard InChI is InChI=1S/C10H19NO2/c1-10(2,3)13-9(12)8-5-4-6-11-7-8/h8,11H,4-7H2,1-3H3/t8-/m1/s1. The van der Waals surface area contributed by atoms with E-state index in [1.54, 1.807) is 0 Å². The van der Waals surface area contributed by atoms with Crippen LogP contribution in [0.5, 0.6) is 0 Å². The van der Waals surface area contributed by atoms with Crippen LogP contribution in [-0.4, -0.2) is 24.7 Å². The van der Waals surface area contributed by atoms with E-state index in [1.807, 2.05) is 20.8 Å². The number of carbonyl (C=O) groups excluding carboxylic acids is 1. The fourth-order valence-electron chi connectivity index (χ4n) is 1.44. The molecule has 3 heteroatoms. The fraction of sp³-hybridized carbons (Fsp3) is 0.900. The van der Waals surface area contributed by atoms with Crippen molar-refractivity contribution in [3.63, 3.8) is 0 Å². The second-order valence-electron chi connectivity index (χ2n) is 4.58. The molecule has 1 atom stereocenters. The molecule has 0 unspecified atom stereocenters. The van der Waals surface area contributed by atoms with E-state index < -0.39 is 0 Å². The number of ether oxygens (including phenoxy) is 1. The maximum absolute atomic E-state index is 11.6. The molecule has 1 N–H and O–H groups in total. The summed E-state index contributed by atoms with van der Waals surface area (Å²) in [5.41, 5.74) is -0.353. The van der Waals surface area contributed by atoms with E-state index in [1.165, 1.54) is 0 Å². The van der Waals surface area contributed by atoms with Crippen molar-refractivity contribution in [2.24, 2.45) is 5.92 Å². The number of hydrogen-bond donors (Lipinski definition) is 1. The van der Waals surface area contributed by atoms with Gasteiger partial charge in [0.1, 0.15) is 5.60 Å². The molecule has 0 aromatic carbocycles. The van der Waals surface area contributed by atoms with Crippen LogP contribution >= 0.6 is 0 Å². The Kier molecular flexibility index (Phi) is 3.31. The van der Waals surface area contributed by atoms with Gasteiger partial charge in [0.2, 0.25) is 0 Å². The third-order valence-corrected chi connectivity index (χ3v) is 2.04. The number of piperidine rings is 1. The summed E-state index contributed by atoms with van der Waals surface area (Å²) >= 11 is 0. The summed E-state index contributed by atoms with van der Waals surface area (Å²) in [7, 11) is 0. The fourth-order valence-corrected chi connectivity index (χ4v) is 1.44. The minimum absolute atomic E-state index is 0.0558. The van der Waals surface area contributed by atoms with Gasteiger partial charge in [-0.2, -0.15) is 0 Å². The molecule has 13 heavy (non-hydrogen) atoms. The predicted octanol–water partition coefficient (Wildman–Crippen LogP) is 1.33. The van der Waals surface area contributed by atoms with Crippen LogP contribution in [0.2, 0.25) is 0 Å². The molecule has 0 amide bonds. The first kappa shape index (κ1) is 10.5. The van der Waals surface area contributed by atoms with Gasteiger partial charge in [0.15, 0.2) is 0 Å². The van der Waals surface area contributed by atoms with Gasteiger partial charge in [-0.25, -0.2) is 0 Å². The van der Waals surface area contributed by atoms with Crippen molar-refractivity contribution in [2.75, 3.05) is 13.1 Å². The molecule has 0 aromatic heterocycles. The number of nitrogens with one attached hydrogen (secondary N) is 1. The lowest BCUT2D eigenvalue weighted by atomic mass is 10.00. The second kappa shape index (κ2) is 4.09. The average Bonchev–Trinajstić information content (AvgIpc) is 2.03. The molecule has 0 aliphatic carbocycles. The van der Waals surface area contributed by atoms with E-state index in [9.17, 15) is 4.79 Å². The van der Waals surface area contributed by atoms with E-state index in [-0.39, 0.29) is 17.5 Å². The Balaban J connectivity index is 2.38. The highest BCUT2D eigenvalue weighted by Crippen LogP contribution is 2.16. The van der Waals surface area contributed by atoms with Crippen molar-refractivity contribution in [3.05, 3.63) is 0 Å². The lowest BCUT2D eigenvalue weighted by Crippen LogP contribution is -2.38. The zero-order valence-electron chi connectivity index (χ0n) is 8.72. The molecular formula is C10H19NO2. The van der Waals surface area contributed by atoms with Gasteiger partial charge in [-0.15, -0.1) is 0 Å². The molecule has 1 saturated heterocycles. The average molecular weight is 185 g/mol. The van der Waals surface area contributed by atoms with Crippen molar-refractivity contribution in [2.45, 2.75) is 39.2 Å². The number of hydrogen-bond acceptors (Lipinski definition) is 3. The smallest absolute Gasteiger partial charge is 0.310 e. The lowest BCUT2D eigenvalue weighted by molar-refractivity contribution is -0.160. The van der Waals surface area contributed by atoms with Gasteiger partial charge < -0.3 is 10.1 Å². The van der Waals surface area contributed by atoms with Crippen LogP contribution in [0, 0.1) is 5.92 Å². The summed E-state index contributed by atoms with van der Waals surface area (Å²) in [5, 5.41) is 3.20. The number of esters is 1.